The molecule has 0 N–H and O–H groups in total. The monoisotopic (exact) mass is 815 g/mol. The van der Waals surface area contributed by atoms with Crippen molar-refractivity contribution >= 4 is 38.6 Å². The van der Waals surface area contributed by atoms with Gasteiger partial charge in [0.2, 0.25) is 0 Å². The van der Waals surface area contributed by atoms with Crippen LogP contribution in [0.1, 0.15) is 0 Å². The van der Waals surface area contributed by atoms with Gasteiger partial charge in [-0.1, -0.05) is 206 Å². The molecular weight excluding hydrogens is 775 g/mol. The van der Waals surface area contributed by atoms with Gasteiger partial charge in [-0.25, -0.2) is 0 Å². The van der Waals surface area contributed by atoms with Crippen LogP contribution >= 0.6 is 0 Å². The van der Waals surface area contributed by atoms with Gasteiger partial charge in [-0.2, -0.15) is 0 Å². The van der Waals surface area contributed by atoms with Crippen LogP contribution in [-0.4, -0.2) is 0 Å². The number of ether oxygens (including phenoxy) is 1. The molecule has 0 saturated heterocycles. The summed E-state index contributed by atoms with van der Waals surface area (Å²) in [6, 6.07) is 89.7. The molecule has 1 aliphatic heterocycles. The van der Waals surface area contributed by atoms with Crippen molar-refractivity contribution in [1.82, 2.24) is 0 Å². The maximum absolute atomic E-state index is 6.56. The Hall–Kier alpha value is -8.46. The van der Waals surface area contributed by atoms with Crippen molar-refractivity contribution in [2.75, 3.05) is 4.90 Å². The van der Waals surface area contributed by atoms with Gasteiger partial charge in [-0.15, -0.1) is 0 Å². The Kier molecular flexibility index (Phi) is 9.20. The van der Waals surface area contributed by atoms with Gasteiger partial charge in [0.05, 0.1) is 11.4 Å². The summed E-state index contributed by atoms with van der Waals surface area (Å²) in [5.74, 6) is 1.77. The molecule has 0 bridgehead atoms. The van der Waals surface area contributed by atoms with E-state index >= 15 is 0 Å². The third-order valence-electron chi connectivity index (χ3n) is 12.7. The highest BCUT2D eigenvalue weighted by molar-refractivity contribution is 6.09. The molecule has 0 spiro atoms. The lowest BCUT2D eigenvalue weighted by atomic mass is 9.90. The average molecular weight is 816 g/mol. The zero-order chi connectivity index (χ0) is 42.4. The first-order chi connectivity index (χ1) is 31.7. The first-order valence-corrected chi connectivity index (χ1v) is 21.9. The van der Waals surface area contributed by atoms with Crippen molar-refractivity contribution in [3.05, 3.63) is 249 Å². The lowest BCUT2D eigenvalue weighted by molar-refractivity contribution is 0.487. The number of hydrogen-bond acceptors (Lipinski definition) is 2. The molecule has 0 amide bonds. The lowest BCUT2D eigenvalue weighted by Crippen LogP contribution is -2.12. The Labute approximate surface area is 373 Å². The van der Waals surface area contributed by atoms with Crippen LogP contribution in [0.3, 0.4) is 0 Å². The summed E-state index contributed by atoms with van der Waals surface area (Å²) >= 11 is 0. The van der Waals surface area contributed by atoms with Crippen LogP contribution in [0.4, 0.5) is 17.1 Å². The molecule has 11 aromatic carbocycles. The zero-order valence-electron chi connectivity index (χ0n) is 35.0. The van der Waals surface area contributed by atoms with Gasteiger partial charge in [0.1, 0.15) is 11.5 Å². The maximum atomic E-state index is 6.56. The van der Waals surface area contributed by atoms with Crippen LogP contribution in [0, 0.1) is 0 Å². The molecular formula is C62H41NO. The first kappa shape index (κ1) is 37.3. The minimum atomic E-state index is 0.868. The third-order valence-corrected chi connectivity index (χ3v) is 12.7. The molecule has 0 aliphatic carbocycles. The fourth-order valence-corrected chi connectivity index (χ4v) is 9.66. The van der Waals surface area contributed by atoms with Crippen LogP contribution in [0.15, 0.2) is 249 Å². The third kappa shape index (κ3) is 6.52. The van der Waals surface area contributed by atoms with E-state index in [4.69, 9.17) is 4.74 Å². The molecule has 1 aliphatic rings. The van der Waals surface area contributed by atoms with E-state index in [-0.39, 0.29) is 0 Å². The Morgan fingerprint density at radius 1 is 0.250 bits per heavy atom. The molecule has 0 fully saturated rings. The maximum Gasteiger partial charge on any atom is 0.135 e. The number of nitrogens with zero attached hydrogens (tertiary/aromatic N) is 1. The summed E-state index contributed by atoms with van der Waals surface area (Å²) in [6.07, 6.45) is 0. The normalized spacial score (nSPS) is 11.6. The molecule has 1 heterocycles. The quantitative estimate of drug-likeness (QED) is 0.151. The van der Waals surface area contributed by atoms with E-state index in [0.717, 1.165) is 61.8 Å². The Morgan fingerprint density at radius 3 is 1.36 bits per heavy atom. The summed E-state index contributed by atoms with van der Waals surface area (Å²) in [4.78, 5) is 2.45. The number of hydrogen-bond donors (Lipinski definition) is 0. The number of anilines is 3. The molecule has 2 heteroatoms. The van der Waals surface area contributed by atoms with Crippen molar-refractivity contribution in [3.8, 4) is 78.3 Å². The van der Waals surface area contributed by atoms with E-state index in [1.165, 1.54) is 55.1 Å². The number of rotatable bonds is 8. The molecule has 2 nitrogen and oxygen atoms in total. The Balaban J connectivity index is 1.04. The van der Waals surface area contributed by atoms with Crippen LogP contribution in [-0.2, 0) is 0 Å². The van der Waals surface area contributed by atoms with Crippen molar-refractivity contribution < 1.29 is 4.74 Å². The van der Waals surface area contributed by atoms with Gasteiger partial charge in [0.15, 0.2) is 0 Å². The molecule has 0 atom stereocenters. The van der Waals surface area contributed by atoms with Crippen LogP contribution < -0.4 is 9.64 Å². The number of fused-ring (bicyclic) bond motifs is 3. The molecule has 11 aromatic rings. The predicted octanol–water partition coefficient (Wildman–Crippen LogP) is 17.6. The predicted molar refractivity (Wildman–Crippen MR) is 269 cm³/mol. The highest BCUT2D eigenvalue weighted by Gasteiger charge is 2.24. The molecule has 64 heavy (non-hydrogen) atoms. The van der Waals surface area contributed by atoms with Gasteiger partial charge in [0, 0.05) is 27.8 Å². The van der Waals surface area contributed by atoms with Crippen LogP contribution in [0.5, 0.6) is 11.5 Å². The van der Waals surface area contributed by atoms with E-state index < -0.39 is 0 Å². The van der Waals surface area contributed by atoms with E-state index in [1.807, 2.05) is 0 Å². The standard InChI is InChI=1S/C62H41NO/c1-3-15-42(16-4-1)43-31-33-44(34-32-43)45-35-38-50(39-36-45)63(58-29-10-8-24-53(58)54-26-12-20-47-19-11-25-52(61(47)54)46-17-5-2-6-18-46)57-28-9-7-23-51(57)49-37-40-59-56(41-49)55-27-13-21-48-22-14-30-60(64-59)62(48)55/h1-41H. The minimum Gasteiger partial charge on any atom is -0.456 e. The lowest BCUT2D eigenvalue weighted by Gasteiger charge is -2.30. The van der Waals surface area contributed by atoms with Crippen LogP contribution in [0.2, 0.25) is 0 Å². The zero-order valence-corrected chi connectivity index (χ0v) is 35.0. The number of benzene rings is 11. The molecule has 12 rings (SSSR count). The van der Waals surface area contributed by atoms with Crippen molar-refractivity contribution in [1.29, 1.82) is 0 Å². The molecule has 0 unspecified atom stereocenters. The fraction of sp³-hybridized carbons (Fsp3) is 0. The second kappa shape index (κ2) is 15.8. The van der Waals surface area contributed by atoms with E-state index in [2.05, 4.69) is 254 Å². The Morgan fingerprint density at radius 2 is 0.703 bits per heavy atom. The highest BCUT2D eigenvalue weighted by Crippen LogP contribution is 2.50. The topological polar surface area (TPSA) is 12.5 Å². The highest BCUT2D eigenvalue weighted by atomic mass is 16.5. The number of para-hydroxylation sites is 2. The van der Waals surface area contributed by atoms with Gasteiger partial charge in [-0.05, 0) is 109 Å². The van der Waals surface area contributed by atoms with Gasteiger partial charge >= 0.3 is 0 Å². The van der Waals surface area contributed by atoms with Crippen molar-refractivity contribution in [2.45, 2.75) is 0 Å². The van der Waals surface area contributed by atoms with E-state index in [1.54, 1.807) is 0 Å². The summed E-state index contributed by atoms with van der Waals surface area (Å²) in [7, 11) is 0. The Bertz CT molecular complexity index is 3490. The van der Waals surface area contributed by atoms with Crippen molar-refractivity contribution in [2.24, 2.45) is 0 Å². The largest absolute Gasteiger partial charge is 0.456 e. The minimum absolute atomic E-state index is 0.868. The van der Waals surface area contributed by atoms with Crippen molar-refractivity contribution in [3.63, 3.8) is 0 Å². The summed E-state index contributed by atoms with van der Waals surface area (Å²) in [5, 5.41) is 4.76. The second-order valence-electron chi connectivity index (χ2n) is 16.4. The average Bonchev–Trinajstić information content (AvgIpc) is 3.37. The summed E-state index contributed by atoms with van der Waals surface area (Å²) in [5.41, 5.74) is 17.2. The molecule has 0 radical (unpaired) electrons. The molecule has 300 valence electrons. The van der Waals surface area contributed by atoms with E-state index in [0.29, 0.717) is 0 Å². The summed E-state index contributed by atoms with van der Waals surface area (Å²) < 4.78 is 6.56. The van der Waals surface area contributed by atoms with Gasteiger partial charge in [-0.3, -0.25) is 0 Å². The first-order valence-electron chi connectivity index (χ1n) is 21.9. The SMILES string of the molecule is c1ccc(-c2ccc(-c3ccc(N(c4ccccc4-c4ccc5c(c4)-c4cccc6cccc(c46)O5)c4ccccc4-c4cccc5cccc(-c6ccccc6)c45)cc3)cc2)cc1. The van der Waals surface area contributed by atoms with Crippen LogP contribution in [0.25, 0.3) is 88.3 Å². The molecule has 0 aromatic heterocycles. The van der Waals surface area contributed by atoms with Gasteiger partial charge < -0.3 is 9.64 Å². The van der Waals surface area contributed by atoms with Gasteiger partial charge in [0.25, 0.3) is 0 Å². The smallest absolute Gasteiger partial charge is 0.135 e. The van der Waals surface area contributed by atoms with E-state index in [9.17, 15) is 0 Å². The second-order valence-corrected chi connectivity index (χ2v) is 16.4. The molecule has 0 saturated carbocycles. The fourth-order valence-electron chi connectivity index (χ4n) is 9.66. The summed E-state index contributed by atoms with van der Waals surface area (Å²) in [6.45, 7) is 0.